The number of para-hydroxylation sites is 1. The number of aromatic nitrogens is 1. The van der Waals surface area contributed by atoms with Crippen molar-refractivity contribution in [3.63, 3.8) is 0 Å². The predicted octanol–water partition coefficient (Wildman–Crippen LogP) is 5.65. The number of benzene rings is 1. The van der Waals surface area contributed by atoms with Crippen molar-refractivity contribution in [1.82, 2.24) is 25.4 Å². The van der Waals surface area contributed by atoms with Crippen LogP contribution >= 0.6 is 0 Å². The maximum atomic E-state index is 14.8. The van der Waals surface area contributed by atoms with E-state index in [1.165, 1.54) is 4.90 Å². The predicted molar refractivity (Wildman–Crippen MR) is 221 cm³/mol. The number of carbonyl (C=O) groups excluding carboxylic acids is 3. The van der Waals surface area contributed by atoms with Gasteiger partial charge in [-0.2, -0.15) is 0 Å². The average Bonchev–Trinajstić information content (AvgIpc) is 3.42. The highest BCUT2D eigenvalue weighted by Crippen LogP contribution is 2.60. The van der Waals surface area contributed by atoms with E-state index >= 15 is 0 Å². The molecule has 14 nitrogen and oxygen atoms in total. The van der Waals surface area contributed by atoms with Gasteiger partial charge in [0.2, 0.25) is 17.7 Å². The van der Waals surface area contributed by atoms with Crippen molar-refractivity contribution >= 4 is 34.8 Å². The minimum absolute atomic E-state index is 0.00649. The first-order chi connectivity index (χ1) is 28.3. The first-order valence-electron chi connectivity index (χ1n) is 21.8. The highest BCUT2D eigenvalue weighted by Gasteiger charge is 2.71. The summed E-state index contributed by atoms with van der Waals surface area (Å²) in [6.07, 6.45) is 7.80. The Morgan fingerprint density at radius 3 is 2.56 bits per heavy atom. The van der Waals surface area contributed by atoms with Gasteiger partial charge >= 0.3 is 12.1 Å². The lowest BCUT2D eigenvalue weighted by Gasteiger charge is -2.35. The number of hydrogen-bond acceptors (Lipinski definition) is 10. The number of morpholine rings is 1. The van der Waals surface area contributed by atoms with E-state index in [1.807, 2.05) is 52.0 Å². The molecule has 2 bridgehead atoms. The van der Waals surface area contributed by atoms with Crippen molar-refractivity contribution < 1.29 is 43.2 Å². The van der Waals surface area contributed by atoms with Gasteiger partial charge in [-0.25, -0.2) is 14.6 Å². The number of aliphatic carboxylic acids is 1. The van der Waals surface area contributed by atoms with E-state index in [-0.39, 0.29) is 31.4 Å². The summed E-state index contributed by atoms with van der Waals surface area (Å²) >= 11 is 0. The molecule has 14 heteroatoms. The number of amides is 3. The van der Waals surface area contributed by atoms with Gasteiger partial charge in [0.25, 0.3) is 0 Å². The molecule has 2 aromatic rings. The third-order valence-electron chi connectivity index (χ3n) is 13.5. The molecule has 3 aliphatic heterocycles. The monoisotopic (exact) mass is 817 g/mol. The van der Waals surface area contributed by atoms with E-state index in [9.17, 15) is 24.3 Å². The lowest BCUT2D eigenvalue weighted by atomic mass is 9.85. The van der Waals surface area contributed by atoms with Crippen molar-refractivity contribution in [3.05, 3.63) is 42.5 Å². The molecule has 7 rings (SSSR count). The zero-order valence-electron chi connectivity index (χ0n) is 35.3. The Bertz CT molecular complexity index is 1890. The number of ether oxygens (including phenoxy) is 4. The lowest BCUT2D eigenvalue weighted by molar-refractivity contribution is -0.146. The number of pyridine rings is 1. The van der Waals surface area contributed by atoms with E-state index in [4.69, 9.17) is 23.9 Å². The number of nitrogens with one attached hydrogen (secondary N) is 2. The molecular formula is C45H63N5O9. The van der Waals surface area contributed by atoms with Crippen LogP contribution in [0.1, 0.15) is 97.5 Å². The first-order valence-corrected chi connectivity index (χ1v) is 21.8. The van der Waals surface area contributed by atoms with Crippen molar-refractivity contribution in [2.45, 2.75) is 128 Å². The van der Waals surface area contributed by atoms with Gasteiger partial charge in [0.05, 0.1) is 30.8 Å². The molecule has 1 aromatic carbocycles. The van der Waals surface area contributed by atoms with E-state index in [2.05, 4.69) is 22.1 Å². The van der Waals surface area contributed by atoms with E-state index in [0.717, 1.165) is 81.3 Å². The van der Waals surface area contributed by atoms with Crippen LogP contribution < -0.4 is 20.1 Å². The Morgan fingerprint density at radius 1 is 1.08 bits per heavy atom. The molecule has 0 spiro atoms. The fourth-order valence-electron chi connectivity index (χ4n) is 9.84. The maximum absolute atomic E-state index is 14.8. The largest absolute Gasteiger partial charge is 0.491 e. The Labute approximate surface area is 347 Å². The minimum Gasteiger partial charge on any atom is -0.491 e. The standard InChI is InChI=1S/C45H63N5O9/c1-6-44(7-2)28-45(44,41(53)54)48-38(51)34-26-30-27-50(34)40(52)37(43(3,4)5)47-42(55)59-35-19-13-15-29(35)14-9-8-10-17-32-36(57-25-22-49-20-23-56-24-21-49)31-16-11-12-18-33(31)46-39(32)58-30/h6,11-12,16,18,29-30,34-35,37H,1,7-10,13-15,17,19-28H2,2-5H3,(H,47,55)(H,48,51)(H,53,54)/t29-,30-,34+,35-,37-,44+,45+/m1/s1. The van der Waals surface area contributed by atoms with E-state index < -0.39 is 58.4 Å². The second-order valence-corrected chi connectivity index (χ2v) is 18.3. The number of carbonyl (C=O) groups is 4. The summed E-state index contributed by atoms with van der Waals surface area (Å²) < 4.78 is 25.1. The average molecular weight is 818 g/mol. The van der Waals surface area contributed by atoms with Crippen LogP contribution in [0.2, 0.25) is 0 Å². The summed E-state index contributed by atoms with van der Waals surface area (Å²) in [5, 5.41) is 17.1. The summed E-state index contributed by atoms with van der Waals surface area (Å²) in [7, 11) is 0. The normalized spacial score (nSPS) is 30.8. The number of hydrogen-bond donors (Lipinski definition) is 3. The SMILES string of the molecule is C=C[C@]1(CC)C[C@]1(NC(=O)[C@@H]1C[C@@H]2CN1C(=O)[C@H](C(C)(C)C)NC(=O)O[C@@H]1CCC[C@H]1CCCCCc1c(nc3ccccc3c1OCCN1CCOCC1)O2)C(=O)O. The number of carboxylic acid groups (broad SMARTS) is 1. The van der Waals surface area contributed by atoms with E-state index in [1.54, 1.807) is 6.08 Å². The van der Waals surface area contributed by atoms with Crippen LogP contribution in [0.4, 0.5) is 4.79 Å². The molecular weight excluding hydrogens is 755 g/mol. The molecule has 1 aromatic heterocycles. The van der Waals surface area contributed by atoms with Gasteiger partial charge in [-0.15, -0.1) is 6.58 Å². The maximum Gasteiger partial charge on any atom is 0.408 e. The van der Waals surface area contributed by atoms with Gasteiger partial charge in [-0.05, 0) is 74.8 Å². The van der Waals surface area contributed by atoms with E-state index in [0.29, 0.717) is 44.1 Å². The van der Waals surface area contributed by atoms with Crippen molar-refractivity contribution in [1.29, 1.82) is 0 Å². The third kappa shape index (κ3) is 8.89. The number of carboxylic acids is 1. The van der Waals surface area contributed by atoms with Crippen LogP contribution in [0.15, 0.2) is 36.9 Å². The summed E-state index contributed by atoms with van der Waals surface area (Å²) in [6, 6.07) is 5.70. The summed E-state index contributed by atoms with van der Waals surface area (Å²) in [5.41, 5.74) is -1.59. The van der Waals surface area contributed by atoms with Crippen LogP contribution in [-0.4, -0.2) is 120 Å². The molecule has 2 aliphatic carbocycles. The van der Waals surface area contributed by atoms with Crippen LogP contribution in [0.25, 0.3) is 10.9 Å². The topological polar surface area (TPSA) is 169 Å². The molecule has 5 aliphatic rings. The Kier molecular flexibility index (Phi) is 12.8. The lowest BCUT2D eigenvalue weighted by Crippen LogP contribution is -2.59. The number of rotatable bonds is 9. The summed E-state index contributed by atoms with van der Waals surface area (Å²) in [5.74, 6) is -0.874. The second kappa shape index (κ2) is 17.7. The zero-order chi connectivity index (χ0) is 42.0. The number of fused-ring (bicyclic) bond motifs is 5. The van der Waals surface area contributed by atoms with Crippen LogP contribution in [0, 0.1) is 16.7 Å². The Morgan fingerprint density at radius 2 is 1.85 bits per heavy atom. The second-order valence-electron chi connectivity index (χ2n) is 18.3. The molecule has 59 heavy (non-hydrogen) atoms. The van der Waals surface area contributed by atoms with Gasteiger partial charge in [-0.1, -0.05) is 58.7 Å². The van der Waals surface area contributed by atoms with Crippen LogP contribution in [-0.2, 0) is 30.3 Å². The summed E-state index contributed by atoms with van der Waals surface area (Å²) in [6.45, 7) is 15.6. The van der Waals surface area contributed by atoms with Gasteiger partial charge in [0.15, 0.2) is 0 Å². The molecule has 7 atom stereocenters. The smallest absolute Gasteiger partial charge is 0.408 e. The van der Waals surface area contributed by atoms with Crippen molar-refractivity contribution in [2.24, 2.45) is 16.7 Å². The zero-order valence-corrected chi connectivity index (χ0v) is 35.3. The Hall–Kier alpha value is -4.43. The molecule has 322 valence electrons. The molecule has 0 unspecified atom stereocenters. The van der Waals surface area contributed by atoms with Crippen LogP contribution in [0.3, 0.4) is 0 Å². The molecule has 0 radical (unpaired) electrons. The van der Waals surface area contributed by atoms with Gasteiger partial charge in [0, 0.05) is 36.9 Å². The van der Waals surface area contributed by atoms with Gasteiger partial charge in [-0.3, -0.25) is 14.5 Å². The van der Waals surface area contributed by atoms with Crippen molar-refractivity contribution in [3.8, 4) is 11.6 Å². The Balaban J connectivity index is 1.25. The quantitative estimate of drug-likeness (QED) is 0.268. The van der Waals surface area contributed by atoms with Crippen molar-refractivity contribution in [2.75, 3.05) is 46.0 Å². The third-order valence-corrected chi connectivity index (χ3v) is 13.5. The number of alkyl carbamates (subject to hydrolysis) is 1. The molecule has 3 amide bonds. The van der Waals surface area contributed by atoms with Gasteiger partial charge < -0.3 is 39.6 Å². The first kappa shape index (κ1) is 42.7. The fraction of sp³-hybridized carbons (Fsp3) is 0.667. The number of nitrogens with zero attached hydrogens (tertiary/aromatic N) is 3. The highest BCUT2D eigenvalue weighted by molar-refractivity contribution is 5.97. The molecule has 4 heterocycles. The van der Waals surface area contributed by atoms with Crippen LogP contribution in [0.5, 0.6) is 11.6 Å². The fourth-order valence-corrected chi connectivity index (χ4v) is 9.84. The molecule has 2 saturated carbocycles. The highest BCUT2D eigenvalue weighted by atomic mass is 16.6. The molecule has 4 fully saturated rings. The van der Waals surface area contributed by atoms with Gasteiger partial charge in [0.1, 0.15) is 42.2 Å². The summed E-state index contributed by atoms with van der Waals surface area (Å²) in [4.78, 5) is 64.5. The molecule has 3 N–H and O–H groups in total. The molecule has 2 saturated heterocycles. The minimum atomic E-state index is -1.55.